The van der Waals surface area contributed by atoms with Gasteiger partial charge in [-0.2, -0.15) is 11.8 Å². The fourth-order valence-corrected chi connectivity index (χ4v) is 3.67. The summed E-state index contributed by atoms with van der Waals surface area (Å²) in [7, 11) is 0. The summed E-state index contributed by atoms with van der Waals surface area (Å²) in [5.74, 6) is -1.89. The Bertz CT molecular complexity index is 481. The van der Waals surface area contributed by atoms with E-state index in [4.69, 9.17) is 5.11 Å². The zero-order valence-corrected chi connectivity index (χ0v) is 12.4. The SMILES string of the molecule is CSC1CCCCC1NCc1ccc(C(=O)O)c(F)c1. The highest BCUT2D eigenvalue weighted by Crippen LogP contribution is 2.27. The highest BCUT2D eigenvalue weighted by molar-refractivity contribution is 7.99. The molecule has 2 N–H and O–H groups in total. The van der Waals surface area contributed by atoms with E-state index >= 15 is 0 Å². The largest absolute Gasteiger partial charge is 0.478 e. The summed E-state index contributed by atoms with van der Waals surface area (Å²) >= 11 is 1.88. The summed E-state index contributed by atoms with van der Waals surface area (Å²) in [6.45, 7) is 0.582. The average molecular weight is 297 g/mol. The standard InChI is InChI=1S/C15H20FNO2S/c1-20-14-5-3-2-4-13(14)17-9-10-6-7-11(15(18)19)12(16)8-10/h6-8,13-14,17H,2-5,9H2,1H3,(H,18,19). The predicted octanol–water partition coefficient (Wildman–Crippen LogP) is 3.29. The summed E-state index contributed by atoms with van der Waals surface area (Å²) in [6.07, 6.45) is 7.03. The van der Waals surface area contributed by atoms with Gasteiger partial charge in [-0.15, -0.1) is 0 Å². The zero-order valence-electron chi connectivity index (χ0n) is 11.6. The first-order valence-corrected chi connectivity index (χ1v) is 8.18. The Balaban J connectivity index is 1.96. The second-order valence-electron chi connectivity index (χ2n) is 5.17. The van der Waals surface area contributed by atoms with Crippen LogP contribution in [0, 0.1) is 5.82 Å². The van der Waals surface area contributed by atoms with Crippen LogP contribution in [0.3, 0.4) is 0 Å². The van der Waals surface area contributed by atoms with E-state index in [1.165, 1.54) is 31.4 Å². The third kappa shape index (κ3) is 3.73. The number of hydrogen-bond donors (Lipinski definition) is 2. The number of rotatable bonds is 5. The van der Waals surface area contributed by atoms with Crippen molar-refractivity contribution in [1.82, 2.24) is 5.32 Å². The lowest BCUT2D eigenvalue weighted by molar-refractivity contribution is 0.0692. The third-order valence-corrected chi connectivity index (χ3v) is 5.01. The van der Waals surface area contributed by atoms with Crippen molar-refractivity contribution in [2.24, 2.45) is 0 Å². The van der Waals surface area contributed by atoms with Gasteiger partial charge in [-0.1, -0.05) is 18.9 Å². The van der Waals surface area contributed by atoms with Crippen molar-refractivity contribution < 1.29 is 14.3 Å². The lowest BCUT2D eigenvalue weighted by Gasteiger charge is -2.31. The molecule has 1 aliphatic carbocycles. The van der Waals surface area contributed by atoms with Crippen molar-refractivity contribution in [3.63, 3.8) is 0 Å². The molecule has 5 heteroatoms. The fourth-order valence-electron chi connectivity index (χ4n) is 2.70. The molecule has 2 rings (SSSR count). The van der Waals surface area contributed by atoms with Gasteiger partial charge in [0.05, 0.1) is 5.56 Å². The summed E-state index contributed by atoms with van der Waals surface area (Å²) in [5.41, 5.74) is 0.520. The van der Waals surface area contributed by atoms with Crippen LogP contribution < -0.4 is 5.32 Å². The van der Waals surface area contributed by atoms with Crippen LogP contribution in [0.25, 0.3) is 0 Å². The van der Waals surface area contributed by atoms with Gasteiger partial charge in [-0.05, 0) is 36.8 Å². The van der Waals surface area contributed by atoms with E-state index in [1.807, 2.05) is 11.8 Å². The Morgan fingerprint density at radius 2 is 2.20 bits per heavy atom. The fraction of sp³-hybridized carbons (Fsp3) is 0.533. The number of carbonyl (C=O) groups is 1. The van der Waals surface area contributed by atoms with Crippen molar-refractivity contribution in [3.8, 4) is 0 Å². The van der Waals surface area contributed by atoms with Crippen LogP contribution >= 0.6 is 11.8 Å². The Hall–Kier alpha value is -1.07. The number of halogens is 1. The van der Waals surface area contributed by atoms with Crippen LogP contribution in [0.4, 0.5) is 4.39 Å². The molecule has 20 heavy (non-hydrogen) atoms. The summed E-state index contributed by atoms with van der Waals surface area (Å²) in [5, 5.41) is 12.9. The molecule has 2 unspecified atom stereocenters. The summed E-state index contributed by atoms with van der Waals surface area (Å²) < 4.78 is 13.6. The maximum atomic E-state index is 13.6. The Labute approximate surface area is 123 Å². The number of carboxylic acid groups (broad SMARTS) is 1. The number of benzene rings is 1. The quantitative estimate of drug-likeness (QED) is 0.875. The summed E-state index contributed by atoms with van der Waals surface area (Å²) in [4.78, 5) is 10.8. The van der Waals surface area contributed by atoms with Crippen molar-refractivity contribution in [1.29, 1.82) is 0 Å². The van der Waals surface area contributed by atoms with Gasteiger partial charge in [0.25, 0.3) is 0 Å². The van der Waals surface area contributed by atoms with E-state index in [1.54, 1.807) is 6.07 Å². The van der Waals surface area contributed by atoms with Crippen LogP contribution in [-0.4, -0.2) is 28.6 Å². The van der Waals surface area contributed by atoms with Gasteiger partial charge < -0.3 is 10.4 Å². The molecule has 1 aromatic rings. The molecule has 0 aliphatic heterocycles. The molecule has 1 aliphatic rings. The van der Waals surface area contributed by atoms with Gasteiger partial charge in [0, 0.05) is 17.8 Å². The lowest BCUT2D eigenvalue weighted by Crippen LogP contribution is -2.39. The van der Waals surface area contributed by atoms with E-state index in [9.17, 15) is 9.18 Å². The molecule has 0 heterocycles. The first kappa shape index (κ1) is 15.3. The molecule has 1 fully saturated rings. The Morgan fingerprint density at radius 1 is 1.45 bits per heavy atom. The highest BCUT2D eigenvalue weighted by atomic mass is 32.2. The molecular formula is C15H20FNO2S. The number of carboxylic acids is 1. The summed E-state index contributed by atoms with van der Waals surface area (Å²) in [6, 6.07) is 4.78. The number of aromatic carboxylic acids is 1. The second kappa shape index (κ2) is 7.09. The van der Waals surface area contributed by atoms with Crippen molar-refractivity contribution in [2.45, 2.75) is 43.5 Å². The monoisotopic (exact) mass is 297 g/mol. The minimum atomic E-state index is -1.23. The minimum absolute atomic E-state index is 0.270. The maximum Gasteiger partial charge on any atom is 0.338 e. The van der Waals surface area contributed by atoms with E-state index in [2.05, 4.69) is 11.6 Å². The van der Waals surface area contributed by atoms with Gasteiger partial charge >= 0.3 is 5.97 Å². The molecule has 2 atom stereocenters. The lowest BCUT2D eigenvalue weighted by atomic mass is 9.94. The highest BCUT2D eigenvalue weighted by Gasteiger charge is 2.23. The normalized spacial score (nSPS) is 22.7. The molecule has 0 spiro atoms. The molecule has 1 saturated carbocycles. The smallest absolute Gasteiger partial charge is 0.338 e. The van der Waals surface area contributed by atoms with Crippen molar-refractivity contribution in [3.05, 3.63) is 35.1 Å². The predicted molar refractivity (Wildman–Crippen MR) is 79.8 cm³/mol. The second-order valence-corrected chi connectivity index (χ2v) is 6.24. The van der Waals surface area contributed by atoms with Crippen LogP contribution in [0.2, 0.25) is 0 Å². The average Bonchev–Trinajstić information content (AvgIpc) is 2.45. The molecule has 0 radical (unpaired) electrons. The van der Waals surface area contributed by atoms with E-state index < -0.39 is 11.8 Å². The van der Waals surface area contributed by atoms with Gasteiger partial charge in [0.15, 0.2) is 0 Å². The van der Waals surface area contributed by atoms with Crippen LogP contribution in [0.5, 0.6) is 0 Å². The topological polar surface area (TPSA) is 49.3 Å². The number of thioether (sulfide) groups is 1. The molecular weight excluding hydrogens is 277 g/mol. The molecule has 0 aromatic heterocycles. The van der Waals surface area contributed by atoms with Crippen LogP contribution in [-0.2, 0) is 6.54 Å². The molecule has 3 nitrogen and oxygen atoms in total. The Kier molecular flexibility index (Phi) is 5.43. The van der Waals surface area contributed by atoms with Crippen molar-refractivity contribution >= 4 is 17.7 Å². The van der Waals surface area contributed by atoms with E-state index in [0.29, 0.717) is 17.8 Å². The molecule has 110 valence electrons. The van der Waals surface area contributed by atoms with Gasteiger partial charge in [0.1, 0.15) is 5.82 Å². The number of nitrogens with one attached hydrogen (secondary N) is 1. The van der Waals surface area contributed by atoms with E-state index in [0.717, 1.165) is 12.0 Å². The van der Waals surface area contributed by atoms with Crippen LogP contribution in [0.15, 0.2) is 18.2 Å². The first-order valence-electron chi connectivity index (χ1n) is 6.89. The first-order chi connectivity index (χ1) is 9.61. The third-order valence-electron chi connectivity index (χ3n) is 3.84. The molecule has 0 amide bonds. The molecule has 0 bridgehead atoms. The van der Waals surface area contributed by atoms with Gasteiger partial charge in [-0.25, -0.2) is 9.18 Å². The van der Waals surface area contributed by atoms with Gasteiger partial charge in [-0.3, -0.25) is 0 Å². The molecule has 1 aromatic carbocycles. The van der Waals surface area contributed by atoms with E-state index in [-0.39, 0.29) is 5.56 Å². The maximum absolute atomic E-state index is 13.6. The van der Waals surface area contributed by atoms with Crippen molar-refractivity contribution in [2.75, 3.05) is 6.26 Å². The van der Waals surface area contributed by atoms with Crippen LogP contribution in [0.1, 0.15) is 41.6 Å². The minimum Gasteiger partial charge on any atom is -0.478 e. The van der Waals surface area contributed by atoms with Gasteiger partial charge in [0.2, 0.25) is 0 Å². The molecule has 0 saturated heterocycles. The number of hydrogen-bond acceptors (Lipinski definition) is 3. The zero-order chi connectivity index (χ0) is 14.5. The Morgan fingerprint density at radius 3 is 2.85 bits per heavy atom.